The van der Waals surface area contributed by atoms with E-state index >= 15 is 4.39 Å². The molecule has 1 aromatic carbocycles. The van der Waals surface area contributed by atoms with E-state index in [-0.39, 0.29) is 35.7 Å². The Morgan fingerprint density at radius 2 is 1.95 bits per heavy atom. The molecule has 2 N–H and O–H groups in total. The average molecular weight is 556 g/mol. The molecule has 2 aromatic heterocycles. The van der Waals surface area contributed by atoms with E-state index in [1.165, 1.54) is 18.3 Å². The van der Waals surface area contributed by atoms with Gasteiger partial charge in [0.25, 0.3) is 0 Å². The van der Waals surface area contributed by atoms with Crippen LogP contribution in [-0.2, 0) is 20.2 Å². The number of halogens is 1. The van der Waals surface area contributed by atoms with Gasteiger partial charge in [0.05, 0.1) is 29.1 Å². The summed E-state index contributed by atoms with van der Waals surface area (Å²) in [5.41, 5.74) is 2.21. The molecular formula is C28H34FN5O4S. The number of amides is 1. The molecular weight excluding hydrogens is 521 g/mol. The number of nitrogens with one attached hydrogen (secondary N) is 2. The van der Waals surface area contributed by atoms with Crippen molar-refractivity contribution in [3.8, 4) is 17.0 Å². The number of pyridine rings is 2. The Morgan fingerprint density at radius 1 is 1.21 bits per heavy atom. The fourth-order valence-corrected chi connectivity index (χ4v) is 6.34. The maximum atomic E-state index is 15.5. The van der Waals surface area contributed by atoms with Crippen LogP contribution in [0.2, 0.25) is 0 Å². The molecule has 2 aliphatic rings. The Morgan fingerprint density at radius 3 is 2.62 bits per heavy atom. The monoisotopic (exact) mass is 555 g/mol. The number of anilines is 2. The van der Waals surface area contributed by atoms with Crippen molar-refractivity contribution < 1.29 is 22.3 Å². The van der Waals surface area contributed by atoms with E-state index in [0.717, 1.165) is 36.8 Å². The van der Waals surface area contributed by atoms with Gasteiger partial charge in [-0.05, 0) is 30.9 Å². The number of rotatable bonds is 9. The second-order valence-electron chi connectivity index (χ2n) is 10.9. The third-order valence-electron chi connectivity index (χ3n) is 7.69. The molecule has 9 nitrogen and oxygen atoms in total. The summed E-state index contributed by atoms with van der Waals surface area (Å²) >= 11 is 0. The maximum Gasteiger partial charge on any atom is 0.238 e. The molecule has 1 fully saturated rings. The van der Waals surface area contributed by atoms with Gasteiger partial charge in [0, 0.05) is 54.0 Å². The smallest absolute Gasteiger partial charge is 0.238 e. The van der Waals surface area contributed by atoms with Crippen LogP contribution in [0.5, 0.6) is 5.88 Å². The number of hydrogen-bond acceptors (Lipinski definition) is 7. The third kappa shape index (κ3) is 4.93. The van der Waals surface area contributed by atoms with E-state index < -0.39 is 21.3 Å². The number of benzene rings is 1. The molecule has 208 valence electrons. The molecule has 39 heavy (non-hydrogen) atoms. The van der Waals surface area contributed by atoms with Gasteiger partial charge in [-0.1, -0.05) is 27.2 Å². The van der Waals surface area contributed by atoms with Crippen LogP contribution in [0, 0.1) is 11.7 Å². The number of carbonyl (C=O) groups is 1. The Balaban J connectivity index is 1.59. The van der Waals surface area contributed by atoms with Crippen molar-refractivity contribution in [2.45, 2.75) is 51.5 Å². The van der Waals surface area contributed by atoms with E-state index in [1.807, 2.05) is 13.8 Å². The topological polar surface area (TPSA) is 114 Å². The molecule has 1 aliphatic heterocycles. The molecule has 0 bridgehead atoms. The molecule has 0 atom stereocenters. The van der Waals surface area contributed by atoms with Crippen molar-refractivity contribution in [1.29, 1.82) is 0 Å². The van der Waals surface area contributed by atoms with Gasteiger partial charge >= 0.3 is 0 Å². The van der Waals surface area contributed by atoms with E-state index in [1.54, 1.807) is 24.2 Å². The number of sulfonamides is 1. The normalized spacial score (nSPS) is 20.5. The fraction of sp³-hybridized carbons (Fsp3) is 0.464. The van der Waals surface area contributed by atoms with Crippen LogP contribution >= 0.6 is 0 Å². The predicted molar refractivity (Wildman–Crippen MR) is 150 cm³/mol. The summed E-state index contributed by atoms with van der Waals surface area (Å²) in [6.45, 7) is 6.96. The van der Waals surface area contributed by atoms with Crippen molar-refractivity contribution >= 4 is 38.2 Å². The summed E-state index contributed by atoms with van der Waals surface area (Å²) < 4.78 is 47.8. The first-order valence-corrected chi connectivity index (χ1v) is 15.1. The largest absolute Gasteiger partial charge is 0.475 e. The van der Waals surface area contributed by atoms with Gasteiger partial charge in [0.1, 0.15) is 18.1 Å². The molecule has 1 aliphatic carbocycles. The van der Waals surface area contributed by atoms with E-state index in [0.29, 0.717) is 28.9 Å². The first kappa shape index (κ1) is 27.3. The second kappa shape index (κ2) is 10.0. The van der Waals surface area contributed by atoms with Crippen LogP contribution in [0.1, 0.15) is 45.6 Å². The molecule has 0 unspecified atom stereocenters. The number of aromatic nitrogens is 2. The van der Waals surface area contributed by atoms with Crippen LogP contribution in [0.3, 0.4) is 0 Å². The maximum absolute atomic E-state index is 15.5. The molecule has 0 saturated heterocycles. The zero-order valence-electron chi connectivity index (χ0n) is 22.8. The highest BCUT2D eigenvalue weighted by molar-refractivity contribution is 7.92. The molecule has 1 spiro atoms. The Labute approximate surface area is 228 Å². The number of hydrogen-bond donors (Lipinski definition) is 2. The van der Waals surface area contributed by atoms with Crippen LogP contribution in [0.15, 0.2) is 30.6 Å². The van der Waals surface area contributed by atoms with Gasteiger partial charge in [-0.15, -0.1) is 0 Å². The lowest BCUT2D eigenvalue weighted by Gasteiger charge is -2.44. The third-order valence-corrected chi connectivity index (χ3v) is 8.28. The van der Waals surface area contributed by atoms with Crippen molar-refractivity contribution in [3.63, 3.8) is 0 Å². The van der Waals surface area contributed by atoms with Gasteiger partial charge in [-0.3, -0.25) is 14.5 Å². The van der Waals surface area contributed by atoms with Gasteiger partial charge in [0.15, 0.2) is 0 Å². The van der Waals surface area contributed by atoms with Gasteiger partial charge in [-0.2, -0.15) is 0 Å². The first-order valence-electron chi connectivity index (χ1n) is 13.2. The minimum atomic E-state index is -3.66. The summed E-state index contributed by atoms with van der Waals surface area (Å²) in [4.78, 5) is 23.8. The summed E-state index contributed by atoms with van der Waals surface area (Å²) in [6, 6.07) is 4.86. The molecule has 1 saturated carbocycles. The predicted octanol–water partition coefficient (Wildman–Crippen LogP) is 4.22. The Bertz CT molecular complexity index is 1550. The van der Waals surface area contributed by atoms with Crippen molar-refractivity contribution in [2.75, 3.05) is 36.1 Å². The molecule has 3 aromatic rings. The van der Waals surface area contributed by atoms with E-state index in [9.17, 15) is 13.2 Å². The van der Waals surface area contributed by atoms with Gasteiger partial charge in [0.2, 0.25) is 21.8 Å². The summed E-state index contributed by atoms with van der Waals surface area (Å²) in [5.74, 6) is 0.0963. The fourth-order valence-electron chi connectivity index (χ4n) is 5.79. The van der Waals surface area contributed by atoms with Gasteiger partial charge in [-0.25, -0.2) is 17.8 Å². The molecule has 3 heterocycles. The Kier molecular flexibility index (Phi) is 7.00. The van der Waals surface area contributed by atoms with Crippen LogP contribution < -0.4 is 19.7 Å². The number of nitrogens with zero attached hydrogens (tertiary/aromatic N) is 3. The van der Waals surface area contributed by atoms with Crippen LogP contribution in [-0.4, -0.2) is 56.8 Å². The van der Waals surface area contributed by atoms with Crippen molar-refractivity contribution in [1.82, 2.24) is 15.3 Å². The standard InChI is InChI=1S/C28H34FN5O4S/c1-6-17-12-28(13-17)25-20-10-19(21(29)11-22(20)31-15-24(25)34(4)27(28)35)18-9-23(33-39(5,36)37)26(32-14-18)38-8-7-30-16(2)3/h9-11,14-17,30,33H,6-8,12-13H2,1-5H3/t17-,28-. The highest BCUT2D eigenvalue weighted by atomic mass is 32.2. The highest BCUT2D eigenvalue weighted by Crippen LogP contribution is 2.58. The summed E-state index contributed by atoms with van der Waals surface area (Å²) in [7, 11) is -1.90. The lowest BCUT2D eigenvalue weighted by molar-refractivity contribution is -0.127. The number of fused-ring (bicyclic) bond motifs is 4. The molecule has 11 heteroatoms. The quantitative estimate of drug-likeness (QED) is 0.380. The van der Waals surface area contributed by atoms with Crippen LogP contribution in [0.4, 0.5) is 15.8 Å². The SMILES string of the molecule is CC[C@H]1C[C@@]2(C1)C(=O)N(C)c1cnc3cc(F)c(-c4cnc(OCCNC(C)C)c(NS(C)(=O)=O)c4)cc3c12. The first-order chi connectivity index (χ1) is 18.4. The molecule has 5 rings (SSSR count). The van der Waals surface area contributed by atoms with Crippen molar-refractivity contribution in [2.24, 2.45) is 5.92 Å². The summed E-state index contributed by atoms with van der Waals surface area (Å²) in [5, 5.41) is 3.94. The highest BCUT2D eigenvalue weighted by Gasteiger charge is 2.57. The van der Waals surface area contributed by atoms with Gasteiger partial charge < -0.3 is 15.0 Å². The van der Waals surface area contributed by atoms with E-state index in [4.69, 9.17) is 4.74 Å². The zero-order chi connectivity index (χ0) is 28.1. The lowest BCUT2D eigenvalue weighted by Crippen LogP contribution is -2.48. The molecule has 0 radical (unpaired) electrons. The molecule has 1 amide bonds. The zero-order valence-corrected chi connectivity index (χ0v) is 23.7. The van der Waals surface area contributed by atoms with Crippen molar-refractivity contribution in [3.05, 3.63) is 42.0 Å². The lowest BCUT2D eigenvalue weighted by atomic mass is 9.58. The number of carbonyl (C=O) groups excluding carboxylic acids is 1. The van der Waals surface area contributed by atoms with Crippen LogP contribution in [0.25, 0.3) is 22.0 Å². The minimum Gasteiger partial charge on any atom is -0.475 e. The second-order valence-corrected chi connectivity index (χ2v) is 12.7. The average Bonchev–Trinajstić information content (AvgIpc) is 3.07. The number of likely N-dealkylation sites (N-methyl/N-ethyl adjacent to an activating group) is 1. The summed E-state index contributed by atoms with van der Waals surface area (Å²) in [6.07, 6.45) is 6.66. The number of ether oxygens (including phenoxy) is 1. The van der Waals surface area contributed by atoms with E-state index in [2.05, 4.69) is 26.9 Å². The minimum absolute atomic E-state index is 0.0529. The Hall–Kier alpha value is -3.31.